The predicted octanol–water partition coefficient (Wildman–Crippen LogP) is 4.81. The van der Waals surface area contributed by atoms with Crippen molar-refractivity contribution in [1.82, 2.24) is 4.90 Å². The fraction of sp³-hybridized carbons (Fsp3) is 0.316. The van der Waals surface area contributed by atoms with Crippen molar-refractivity contribution in [3.8, 4) is 0 Å². The zero-order valence-corrected chi connectivity index (χ0v) is 14.8. The fourth-order valence-corrected chi connectivity index (χ4v) is 3.37. The summed E-state index contributed by atoms with van der Waals surface area (Å²) in [6, 6.07) is 15.0. The molecule has 0 spiro atoms. The van der Waals surface area contributed by atoms with E-state index >= 15 is 0 Å². The van der Waals surface area contributed by atoms with Crippen molar-refractivity contribution in [3.05, 3.63) is 69.7 Å². The summed E-state index contributed by atoms with van der Waals surface area (Å²) < 4.78 is 5.99. The van der Waals surface area contributed by atoms with Crippen LogP contribution < -0.4 is 0 Å². The van der Waals surface area contributed by atoms with Gasteiger partial charge in [-0.15, -0.1) is 0 Å². The maximum Gasteiger partial charge on any atom is 0.255 e. The Labute approximate surface area is 152 Å². The normalized spacial score (nSPS) is 17.8. The highest BCUT2D eigenvalue weighted by molar-refractivity contribution is 6.36. The van der Waals surface area contributed by atoms with Gasteiger partial charge in [0.15, 0.2) is 0 Å². The summed E-state index contributed by atoms with van der Waals surface area (Å²) in [6.45, 7) is 1.88. The molecule has 2 aromatic rings. The van der Waals surface area contributed by atoms with Crippen LogP contribution in [0.2, 0.25) is 10.0 Å². The summed E-state index contributed by atoms with van der Waals surface area (Å²) in [5.41, 5.74) is 1.63. The number of amides is 1. The van der Waals surface area contributed by atoms with Crippen molar-refractivity contribution in [3.63, 3.8) is 0 Å². The number of likely N-dealkylation sites (tertiary alicyclic amines) is 1. The Morgan fingerprint density at radius 2 is 1.96 bits per heavy atom. The minimum atomic E-state index is -0.0651. The van der Waals surface area contributed by atoms with Crippen LogP contribution >= 0.6 is 23.2 Å². The highest BCUT2D eigenvalue weighted by atomic mass is 35.5. The summed E-state index contributed by atoms with van der Waals surface area (Å²) in [5, 5.41) is 0.916. The lowest BCUT2D eigenvalue weighted by molar-refractivity contribution is -0.00672. The number of hydrogen-bond acceptors (Lipinski definition) is 2. The van der Waals surface area contributed by atoms with Gasteiger partial charge in [0.05, 0.1) is 23.3 Å². The van der Waals surface area contributed by atoms with Gasteiger partial charge in [-0.25, -0.2) is 0 Å². The first kappa shape index (κ1) is 17.3. The molecule has 0 unspecified atom stereocenters. The summed E-state index contributed by atoms with van der Waals surface area (Å²) in [6.07, 6.45) is 1.94. The predicted molar refractivity (Wildman–Crippen MR) is 96.6 cm³/mol. The van der Waals surface area contributed by atoms with Crippen LogP contribution in [0, 0.1) is 0 Å². The van der Waals surface area contributed by atoms with Gasteiger partial charge in [0.1, 0.15) is 0 Å². The minimum Gasteiger partial charge on any atom is -0.372 e. The lowest BCUT2D eigenvalue weighted by atomic mass is 10.1. The zero-order valence-electron chi connectivity index (χ0n) is 13.3. The quantitative estimate of drug-likeness (QED) is 0.779. The second-order valence-electron chi connectivity index (χ2n) is 5.94. The van der Waals surface area contributed by atoms with Gasteiger partial charge in [-0.2, -0.15) is 0 Å². The van der Waals surface area contributed by atoms with Crippen molar-refractivity contribution < 1.29 is 9.53 Å². The summed E-state index contributed by atoms with van der Waals surface area (Å²) in [4.78, 5) is 14.5. The van der Waals surface area contributed by atoms with Crippen molar-refractivity contribution in [2.24, 2.45) is 0 Å². The molecule has 1 aliphatic rings. The molecule has 0 bridgehead atoms. The first-order valence-corrected chi connectivity index (χ1v) is 8.79. The molecule has 0 saturated carbocycles. The maximum atomic E-state index is 12.7. The van der Waals surface area contributed by atoms with Crippen LogP contribution in [0.1, 0.15) is 28.8 Å². The lowest BCUT2D eigenvalue weighted by Gasteiger charge is -2.33. The molecular weight excluding hydrogens is 345 g/mol. The van der Waals surface area contributed by atoms with E-state index < -0.39 is 0 Å². The van der Waals surface area contributed by atoms with Crippen LogP contribution in [0.5, 0.6) is 0 Å². The zero-order chi connectivity index (χ0) is 16.9. The number of nitrogens with zero attached hydrogens (tertiary/aromatic N) is 1. The minimum absolute atomic E-state index is 0.0500. The average Bonchev–Trinajstić information content (AvgIpc) is 2.61. The average molecular weight is 364 g/mol. The number of piperidine rings is 1. The molecule has 0 radical (unpaired) electrons. The topological polar surface area (TPSA) is 29.5 Å². The molecule has 24 heavy (non-hydrogen) atoms. The molecule has 0 aromatic heterocycles. The second kappa shape index (κ2) is 8.02. The summed E-state index contributed by atoms with van der Waals surface area (Å²) in [7, 11) is 0. The Balaban J connectivity index is 1.61. The van der Waals surface area contributed by atoms with Crippen LogP contribution in [-0.2, 0) is 11.3 Å². The van der Waals surface area contributed by atoms with Crippen molar-refractivity contribution in [1.29, 1.82) is 0 Å². The van der Waals surface area contributed by atoms with Crippen molar-refractivity contribution in [2.45, 2.75) is 25.6 Å². The number of ether oxygens (including phenoxy) is 1. The Kier molecular flexibility index (Phi) is 5.77. The van der Waals surface area contributed by atoms with E-state index in [4.69, 9.17) is 27.9 Å². The van der Waals surface area contributed by atoms with Gasteiger partial charge in [-0.05, 0) is 36.6 Å². The summed E-state index contributed by atoms with van der Waals surface area (Å²) in [5.74, 6) is -0.0651. The third kappa shape index (κ3) is 4.29. The number of carbonyl (C=O) groups is 1. The number of carbonyl (C=O) groups excluding carboxylic acids is 1. The molecular formula is C19H19Cl2NO2. The first-order valence-electron chi connectivity index (χ1n) is 8.03. The molecule has 1 atom stereocenters. The van der Waals surface area contributed by atoms with Crippen LogP contribution in [0.25, 0.3) is 0 Å². The molecule has 3 rings (SSSR count). The lowest BCUT2D eigenvalue weighted by Crippen LogP contribution is -2.43. The van der Waals surface area contributed by atoms with Gasteiger partial charge in [-0.1, -0.05) is 53.5 Å². The van der Waals surface area contributed by atoms with Gasteiger partial charge in [-0.3, -0.25) is 4.79 Å². The van der Waals surface area contributed by atoms with Gasteiger partial charge in [0, 0.05) is 18.1 Å². The summed E-state index contributed by atoms with van der Waals surface area (Å²) >= 11 is 12.1. The molecule has 3 nitrogen and oxygen atoms in total. The molecule has 1 aliphatic heterocycles. The van der Waals surface area contributed by atoms with E-state index in [0.29, 0.717) is 28.8 Å². The molecule has 5 heteroatoms. The number of halogens is 2. The van der Waals surface area contributed by atoms with Crippen molar-refractivity contribution in [2.75, 3.05) is 13.1 Å². The van der Waals surface area contributed by atoms with Crippen LogP contribution in [-0.4, -0.2) is 30.0 Å². The van der Waals surface area contributed by atoms with E-state index in [2.05, 4.69) is 0 Å². The van der Waals surface area contributed by atoms with Crippen LogP contribution in [0.3, 0.4) is 0 Å². The number of rotatable bonds is 4. The number of benzene rings is 2. The Morgan fingerprint density at radius 1 is 1.17 bits per heavy atom. The SMILES string of the molecule is O=C(c1ccc(Cl)cc1Cl)N1CCC[C@@H](OCc2ccccc2)C1. The molecule has 1 fully saturated rings. The first-order chi connectivity index (χ1) is 11.6. The molecule has 1 amide bonds. The van der Waals surface area contributed by atoms with Gasteiger partial charge >= 0.3 is 0 Å². The molecule has 1 saturated heterocycles. The van der Waals surface area contributed by atoms with E-state index in [1.807, 2.05) is 35.2 Å². The Hall–Kier alpha value is -1.55. The van der Waals surface area contributed by atoms with Gasteiger partial charge in [0.25, 0.3) is 5.91 Å². The van der Waals surface area contributed by atoms with Crippen LogP contribution in [0.15, 0.2) is 48.5 Å². The molecule has 1 heterocycles. The third-order valence-electron chi connectivity index (χ3n) is 4.16. The largest absolute Gasteiger partial charge is 0.372 e. The van der Waals surface area contributed by atoms with E-state index in [-0.39, 0.29) is 12.0 Å². The highest BCUT2D eigenvalue weighted by Crippen LogP contribution is 2.24. The van der Waals surface area contributed by atoms with Crippen molar-refractivity contribution >= 4 is 29.1 Å². The molecule has 126 valence electrons. The van der Waals surface area contributed by atoms with Crippen LogP contribution in [0.4, 0.5) is 0 Å². The standard InChI is InChI=1S/C19H19Cl2NO2/c20-15-8-9-17(18(21)11-15)19(23)22-10-4-7-16(12-22)24-13-14-5-2-1-3-6-14/h1-3,5-6,8-9,11,16H,4,7,10,12-13H2/t16-/m1/s1. The Bertz CT molecular complexity index is 706. The van der Waals surface area contributed by atoms with E-state index in [0.717, 1.165) is 24.9 Å². The Morgan fingerprint density at radius 3 is 2.71 bits per heavy atom. The van der Waals surface area contributed by atoms with Gasteiger partial charge < -0.3 is 9.64 Å². The monoisotopic (exact) mass is 363 g/mol. The fourth-order valence-electron chi connectivity index (χ4n) is 2.88. The smallest absolute Gasteiger partial charge is 0.255 e. The van der Waals surface area contributed by atoms with E-state index in [1.165, 1.54) is 0 Å². The van der Waals surface area contributed by atoms with E-state index in [1.54, 1.807) is 18.2 Å². The number of hydrogen-bond donors (Lipinski definition) is 0. The van der Waals surface area contributed by atoms with Gasteiger partial charge in [0.2, 0.25) is 0 Å². The van der Waals surface area contributed by atoms with E-state index in [9.17, 15) is 4.79 Å². The second-order valence-corrected chi connectivity index (χ2v) is 6.78. The molecule has 2 aromatic carbocycles. The molecule has 0 N–H and O–H groups in total. The molecule has 0 aliphatic carbocycles. The maximum absolute atomic E-state index is 12.7. The highest BCUT2D eigenvalue weighted by Gasteiger charge is 2.26. The third-order valence-corrected chi connectivity index (χ3v) is 4.70.